The van der Waals surface area contributed by atoms with E-state index in [0.29, 0.717) is 47.7 Å². The van der Waals surface area contributed by atoms with E-state index in [4.69, 9.17) is 9.72 Å². The first kappa shape index (κ1) is 22.7. The summed E-state index contributed by atoms with van der Waals surface area (Å²) in [4.78, 5) is 33.7. The lowest BCUT2D eigenvalue weighted by atomic mass is 10.0. The van der Waals surface area contributed by atoms with Gasteiger partial charge in [-0.1, -0.05) is 54.6 Å². The molecule has 7 nitrogen and oxygen atoms in total. The predicted octanol–water partition coefficient (Wildman–Crippen LogP) is 5.54. The van der Waals surface area contributed by atoms with Gasteiger partial charge in [0.1, 0.15) is 11.6 Å². The Hall–Kier alpha value is -4.13. The molecule has 1 aromatic heterocycles. The minimum absolute atomic E-state index is 0.0671. The quantitative estimate of drug-likeness (QED) is 0.403. The summed E-state index contributed by atoms with van der Waals surface area (Å²) in [6, 6.07) is 23.8. The van der Waals surface area contributed by atoms with Crippen LogP contribution in [0.15, 0.2) is 83.7 Å². The molecular formula is C28H28N4O3. The number of aromatic nitrogens is 2. The zero-order valence-corrected chi connectivity index (χ0v) is 19.8. The SMILES string of the molecule is CCOc1ccccc1NC(=O)N([C@@H]1CCn2c1nc1ccccc1c2=O)[C@@H](C)c1ccccc1. The first-order valence-corrected chi connectivity index (χ1v) is 11.9. The van der Waals surface area contributed by atoms with E-state index in [9.17, 15) is 9.59 Å². The molecule has 1 N–H and O–H groups in total. The lowest BCUT2D eigenvalue weighted by molar-refractivity contribution is 0.159. The summed E-state index contributed by atoms with van der Waals surface area (Å²) in [6.45, 7) is 4.92. The smallest absolute Gasteiger partial charge is 0.323 e. The van der Waals surface area contributed by atoms with E-state index in [-0.39, 0.29) is 23.7 Å². The standard InChI is InChI=1S/C28H28N4O3/c1-3-35-25-16-10-9-15-23(25)30-28(34)32(19(2)20-11-5-4-6-12-20)24-17-18-31-26(24)29-22-14-8-7-13-21(22)27(31)33/h4-16,19,24H,3,17-18H2,1-2H3,(H,30,34)/t19-,24+/m0/s1. The number of amides is 2. The molecule has 178 valence electrons. The fourth-order valence-electron chi connectivity index (χ4n) is 4.81. The molecule has 0 fully saturated rings. The fourth-order valence-corrected chi connectivity index (χ4v) is 4.81. The van der Waals surface area contributed by atoms with Crippen molar-refractivity contribution in [2.24, 2.45) is 0 Å². The van der Waals surface area contributed by atoms with E-state index in [2.05, 4.69) is 5.32 Å². The van der Waals surface area contributed by atoms with Crippen molar-refractivity contribution >= 4 is 22.6 Å². The number of hydrogen-bond donors (Lipinski definition) is 1. The molecule has 0 saturated carbocycles. The fraction of sp³-hybridized carbons (Fsp3) is 0.250. The molecule has 1 aliphatic rings. The average Bonchev–Trinajstić information content (AvgIpc) is 3.30. The van der Waals surface area contributed by atoms with Crippen LogP contribution in [0.25, 0.3) is 10.9 Å². The van der Waals surface area contributed by atoms with Crippen LogP contribution in [-0.2, 0) is 6.54 Å². The third-order valence-electron chi connectivity index (χ3n) is 6.51. The van der Waals surface area contributed by atoms with Gasteiger partial charge in [-0.2, -0.15) is 0 Å². The lowest BCUT2D eigenvalue weighted by Gasteiger charge is -2.34. The molecule has 2 heterocycles. The minimum Gasteiger partial charge on any atom is -0.492 e. The van der Waals surface area contributed by atoms with Gasteiger partial charge >= 0.3 is 6.03 Å². The van der Waals surface area contributed by atoms with Gasteiger partial charge in [0.25, 0.3) is 5.56 Å². The Labute approximate surface area is 204 Å². The van der Waals surface area contributed by atoms with Crippen molar-refractivity contribution in [2.75, 3.05) is 11.9 Å². The van der Waals surface area contributed by atoms with Crippen LogP contribution in [0.2, 0.25) is 0 Å². The summed E-state index contributed by atoms with van der Waals surface area (Å²) in [5.41, 5.74) is 2.18. The molecule has 2 amide bonds. The number of para-hydroxylation sites is 3. The highest BCUT2D eigenvalue weighted by atomic mass is 16.5. The number of ether oxygens (including phenoxy) is 1. The monoisotopic (exact) mass is 468 g/mol. The maximum Gasteiger partial charge on any atom is 0.323 e. The lowest BCUT2D eigenvalue weighted by Crippen LogP contribution is -2.40. The van der Waals surface area contributed by atoms with Gasteiger partial charge < -0.3 is 15.0 Å². The Morgan fingerprint density at radius 3 is 2.60 bits per heavy atom. The van der Waals surface area contributed by atoms with Crippen LogP contribution < -0.4 is 15.6 Å². The van der Waals surface area contributed by atoms with E-state index < -0.39 is 0 Å². The molecule has 35 heavy (non-hydrogen) atoms. The first-order valence-electron chi connectivity index (χ1n) is 11.9. The molecule has 3 aromatic carbocycles. The van der Waals surface area contributed by atoms with Crippen LogP contribution in [0, 0.1) is 0 Å². The van der Waals surface area contributed by atoms with E-state index in [0.717, 1.165) is 5.56 Å². The van der Waals surface area contributed by atoms with Crippen molar-refractivity contribution < 1.29 is 9.53 Å². The van der Waals surface area contributed by atoms with Crippen molar-refractivity contribution in [1.29, 1.82) is 0 Å². The van der Waals surface area contributed by atoms with Crippen LogP contribution in [-0.4, -0.2) is 27.1 Å². The number of anilines is 1. The number of nitrogens with zero attached hydrogens (tertiary/aromatic N) is 3. The zero-order valence-electron chi connectivity index (χ0n) is 19.8. The second kappa shape index (κ2) is 9.62. The van der Waals surface area contributed by atoms with E-state index in [1.165, 1.54) is 0 Å². The highest BCUT2D eigenvalue weighted by molar-refractivity contribution is 5.91. The minimum atomic E-state index is -0.359. The Bertz CT molecular complexity index is 1420. The number of carbonyl (C=O) groups excluding carboxylic acids is 1. The van der Waals surface area contributed by atoms with Crippen LogP contribution >= 0.6 is 0 Å². The number of hydrogen-bond acceptors (Lipinski definition) is 4. The van der Waals surface area contributed by atoms with E-state index in [1.54, 1.807) is 15.5 Å². The Balaban J connectivity index is 1.57. The van der Waals surface area contributed by atoms with Gasteiger partial charge in [0.05, 0.1) is 35.3 Å². The van der Waals surface area contributed by atoms with Gasteiger partial charge in [-0.3, -0.25) is 9.36 Å². The topological polar surface area (TPSA) is 76.5 Å². The Kier molecular flexibility index (Phi) is 6.23. The summed E-state index contributed by atoms with van der Waals surface area (Å²) in [5, 5.41) is 3.64. The van der Waals surface area contributed by atoms with Crippen LogP contribution in [0.5, 0.6) is 5.75 Å². The summed E-state index contributed by atoms with van der Waals surface area (Å²) in [7, 11) is 0. The molecule has 0 bridgehead atoms. The largest absolute Gasteiger partial charge is 0.492 e. The summed E-state index contributed by atoms with van der Waals surface area (Å²) in [6.07, 6.45) is 0.607. The Morgan fingerprint density at radius 1 is 1.09 bits per heavy atom. The van der Waals surface area contributed by atoms with Crippen molar-refractivity contribution in [3.05, 3.63) is 101 Å². The number of rotatable bonds is 6. The van der Waals surface area contributed by atoms with Crippen LogP contribution in [0.4, 0.5) is 10.5 Å². The maximum atomic E-state index is 13.9. The molecule has 2 atom stereocenters. The van der Waals surface area contributed by atoms with Gasteiger partial charge in [0.2, 0.25) is 0 Å². The molecule has 0 aliphatic carbocycles. The van der Waals surface area contributed by atoms with Crippen molar-refractivity contribution in [1.82, 2.24) is 14.5 Å². The number of nitrogens with one attached hydrogen (secondary N) is 1. The third kappa shape index (κ3) is 4.25. The van der Waals surface area contributed by atoms with Gasteiger partial charge in [0.15, 0.2) is 0 Å². The summed E-state index contributed by atoms with van der Waals surface area (Å²) < 4.78 is 7.42. The molecular weight excluding hydrogens is 440 g/mol. The van der Waals surface area contributed by atoms with Gasteiger partial charge in [-0.25, -0.2) is 9.78 Å². The number of urea groups is 1. The highest BCUT2D eigenvalue weighted by Gasteiger charge is 2.37. The summed E-state index contributed by atoms with van der Waals surface area (Å²) >= 11 is 0. The summed E-state index contributed by atoms with van der Waals surface area (Å²) in [5.74, 6) is 1.23. The van der Waals surface area contributed by atoms with Crippen molar-refractivity contribution in [2.45, 2.75) is 38.9 Å². The molecule has 0 saturated heterocycles. The number of carbonyl (C=O) groups is 1. The second-order valence-electron chi connectivity index (χ2n) is 8.60. The van der Waals surface area contributed by atoms with Gasteiger partial charge in [-0.05, 0) is 50.1 Å². The van der Waals surface area contributed by atoms with Crippen molar-refractivity contribution in [3.8, 4) is 5.75 Å². The van der Waals surface area contributed by atoms with Crippen LogP contribution in [0.3, 0.4) is 0 Å². The normalized spacial score (nSPS) is 15.4. The zero-order chi connectivity index (χ0) is 24.4. The van der Waals surface area contributed by atoms with Gasteiger partial charge in [0, 0.05) is 6.54 Å². The molecule has 5 rings (SSSR count). The number of benzene rings is 3. The second-order valence-corrected chi connectivity index (χ2v) is 8.60. The molecule has 0 radical (unpaired) electrons. The van der Waals surface area contributed by atoms with E-state index >= 15 is 0 Å². The van der Waals surface area contributed by atoms with E-state index in [1.807, 2.05) is 86.6 Å². The molecule has 4 aromatic rings. The van der Waals surface area contributed by atoms with Crippen molar-refractivity contribution in [3.63, 3.8) is 0 Å². The third-order valence-corrected chi connectivity index (χ3v) is 6.51. The Morgan fingerprint density at radius 2 is 1.80 bits per heavy atom. The maximum absolute atomic E-state index is 13.9. The molecule has 1 aliphatic heterocycles. The number of fused-ring (bicyclic) bond motifs is 2. The first-order chi connectivity index (χ1) is 17.1. The van der Waals surface area contributed by atoms with Crippen LogP contribution in [0.1, 0.15) is 43.7 Å². The molecule has 0 spiro atoms. The molecule has 0 unspecified atom stereocenters. The van der Waals surface area contributed by atoms with Gasteiger partial charge in [-0.15, -0.1) is 0 Å². The highest BCUT2D eigenvalue weighted by Crippen LogP contribution is 2.37. The molecule has 7 heteroatoms. The predicted molar refractivity (Wildman–Crippen MR) is 137 cm³/mol. The average molecular weight is 469 g/mol.